The van der Waals surface area contributed by atoms with E-state index < -0.39 is 0 Å². The van der Waals surface area contributed by atoms with Crippen molar-refractivity contribution in [2.45, 2.75) is 25.4 Å². The van der Waals surface area contributed by atoms with Gasteiger partial charge in [0.15, 0.2) is 0 Å². The monoisotopic (exact) mass is 341 g/mol. The molecule has 1 aromatic carbocycles. The minimum absolute atomic E-state index is 0.0629. The lowest BCUT2D eigenvalue weighted by molar-refractivity contribution is 0.0132. The number of benzene rings is 1. The number of rotatable bonds is 5. The van der Waals surface area contributed by atoms with Crippen LogP contribution in [0.2, 0.25) is 0 Å². The molecule has 0 radical (unpaired) electrons. The minimum Gasteiger partial charge on any atom is -0.458 e. The first-order valence-electron chi connectivity index (χ1n) is 8.03. The molecule has 6 heteroatoms. The van der Waals surface area contributed by atoms with Crippen LogP contribution in [0.5, 0.6) is 0 Å². The maximum absolute atomic E-state index is 12.3. The van der Waals surface area contributed by atoms with E-state index in [2.05, 4.69) is 28.1 Å². The minimum atomic E-state index is -0.287. The Kier molecular flexibility index (Phi) is 5.57. The number of aromatic nitrogens is 1. The Morgan fingerprint density at radius 2 is 2.08 bits per heavy atom. The standard InChI is InChI=1S/C18H19N3O2S/c19-8-11-21-9-6-15(7-10-21)23-18(22)16-13-20-17(24-16)12-14-4-2-1-3-5-14/h1-5,13,15H,6-7,9-12H2. The second kappa shape index (κ2) is 8.04. The van der Waals surface area contributed by atoms with E-state index in [4.69, 9.17) is 10.00 Å². The van der Waals surface area contributed by atoms with Crippen LogP contribution < -0.4 is 0 Å². The van der Waals surface area contributed by atoms with Gasteiger partial charge >= 0.3 is 5.97 Å². The lowest BCUT2D eigenvalue weighted by Gasteiger charge is -2.29. The first kappa shape index (κ1) is 16.6. The highest BCUT2D eigenvalue weighted by molar-refractivity contribution is 7.13. The fourth-order valence-corrected chi connectivity index (χ4v) is 3.59. The number of hydrogen-bond donors (Lipinski definition) is 0. The predicted molar refractivity (Wildman–Crippen MR) is 91.9 cm³/mol. The summed E-state index contributed by atoms with van der Waals surface area (Å²) >= 11 is 1.39. The number of carbonyl (C=O) groups excluding carboxylic acids is 1. The van der Waals surface area contributed by atoms with Gasteiger partial charge in [0.25, 0.3) is 0 Å². The van der Waals surface area contributed by atoms with Crippen molar-refractivity contribution in [3.05, 3.63) is 52.0 Å². The number of esters is 1. The summed E-state index contributed by atoms with van der Waals surface area (Å²) in [6, 6.07) is 12.2. The molecule has 0 unspecified atom stereocenters. The predicted octanol–water partition coefficient (Wildman–Crippen LogP) is 2.88. The molecule has 1 fully saturated rings. The van der Waals surface area contributed by atoms with Crippen LogP contribution in [0.15, 0.2) is 36.5 Å². The van der Waals surface area contributed by atoms with Crippen molar-refractivity contribution in [2.75, 3.05) is 19.6 Å². The molecule has 0 saturated carbocycles. The SMILES string of the molecule is N#CCN1CCC(OC(=O)c2cnc(Cc3ccccc3)s2)CC1. The van der Waals surface area contributed by atoms with E-state index in [1.54, 1.807) is 6.20 Å². The Morgan fingerprint density at radius 3 is 2.79 bits per heavy atom. The second-order valence-electron chi connectivity index (χ2n) is 5.82. The van der Waals surface area contributed by atoms with Crippen molar-refractivity contribution >= 4 is 17.3 Å². The Bertz CT molecular complexity index is 715. The second-order valence-corrected chi connectivity index (χ2v) is 6.93. The van der Waals surface area contributed by atoms with Gasteiger partial charge < -0.3 is 4.74 Å². The van der Waals surface area contributed by atoms with Crippen molar-refractivity contribution in [2.24, 2.45) is 0 Å². The summed E-state index contributed by atoms with van der Waals surface area (Å²) in [6.07, 6.45) is 3.83. The van der Waals surface area contributed by atoms with E-state index in [0.29, 0.717) is 11.4 Å². The van der Waals surface area contributed by atoms with Crippen molar-refractivity contribution in [3.8, 4) is 6.07 Å². The van der Waals surface area contributed by atoms with Crippen LogP contribution in [0.25, 0.3) is 0 Å². The van der Waals surface area contributed by atoms with Crippen LogP contribution in [0.3, 0.4) is 0 Å². The third kappa shape index (κ3) is 4.40. The Labute approximate surface area is 145 Å². The van der Waals surface area contributed by atoms with Crippen LogP contribution >= 0.6 is 11.3 Å². The molecule has 0 bridgehead atoms. The molecule has 0 N–H and O–H groups in total. The molecular weight excluding hydrogens is 322 g/mol. The molecule has 1 aromatic heterocycles. The Morgan fingerprint density at radius 1 is 1.33 bits per heavy atom. The molecule has 24 heavy (non-hydrogen) atoms. The van der Waals surface area contributed by atoms with E-state index in [9.17, 15) is 4.79 Å². The molecule has 1 aliphatic rings. The van der Waals surface area contributed by atoms with Gasteiger partial charge in [0.2, 0.25) is 0 Å². The highest BCUT2D eigenvalue weighted by Crippen LogP contribution is 2.20. The molecule has 1 saturated heterocycles. The van der Waals surface area contributed by atoms with Gasteiger partial charge in [0.05, 0.1) is 23.8 Å². The quantitative estimate of drug-likeness (QED) is 0.618. The van der Waals surface area contributed by atoms with Crippen LogP contribution in [0.1, 0.15) is 33.1 Å². The summed E-state index contributed by atoms with van der Waals surface area (Å²) in [7, 11) is 0. The van der Waals surface area contributed by atoms with Gasteiger partial charge in [-0.05, 0) is 18.4 Å². The molecule has 0 amide bonds. The number of carbonyl (C=O) groups is 1. The Hall–Kier alpha value is -2.23. The molecule has 2 heterocycles. The van der Waals surface area contributed by atoms with Crippen molar-refractivity contribution < 1.29 is 9.53 Å². The van der Waals surface area contributed by atoms with Crippen LogP contribution in [0, 0.1) is 11.3 Å². The van der Waals surface area contributed by atoms with Crippen molar-refractivity contribution in [1.29, 1.82) is 5.26 Å². The maximum Gasteiger partial charge on any atom is 0.350 e. The van der Waals surface area contributed by atoms with Gasteiger partial charge in [-0.3, -0.25) is 4.90 Å². The number of hydrogen-bond acceptors (Lipinski definition) is 6. The summed E-state index contributed by atoms with van der Waals surface area (Å²) in [4.78, 5) is 19.2. The lowest BCUT2D eigenvalue weighted by Crippen LogP contribution is -2.37. The van der Waals surface area contributed by atoms with E-state index in [-0.39, 0.29) is 12.1 Å². The number of thiazole rings is 1. The first-order chi connectivity index (χ1) is 11.7. The van der Waals surface area contributed by atoms with Crippen molar-refractivity contribution in [3.63, 3.8) is 0 Å². The van der Waals surface area contributed by atoms with Crippen LogP contribution in [0.4, 0.5) is 0 Å². The third-order valence-electron chi connectivity index (χ3n) is 4.06. The maximum atomic E-state index is 12.3. The summed E-state index contributed by atoms with van der Waals surface area (Å²) in [6.45, 7) is 2.04. The largest absolute Gasteiger partial charge is 0.458 e. The zero-order valence-electron chi connectivity index (χ0n) is 13.4. The van der Waals surface area contributed by atoms with E-state index in [1.807, 2.05) is 18.2 Å². The number of piperidine rings is 1. The highest BCUT2D eigenvalue weighted by atomic mass is 32.1. The zero-order valence-corrected chi connectivity index (χ0v) is 14.2. The topological polar surface area (TPSA) is 66.2 Å². The van der Waals surface area contributed by atoms with Gasteiger partial charge in [-0.1, -0.05) is 30.3 Å². The molecule has 2 aromatic rings. The van der Waals surface area contributed by atoms with Crippen molar-refractivity contribution in [1.82, 2.24) is 9.88 Å². The normalized spacial score (nSPS) is 15.8. The molecule has 124 valence electrons. The summed E-state index contributed by atoms with van der Waals surface area (Å²) in [5.41, 5.74) is 1.18. The molecule has 0 aliphatic carbocycles. The zero-order chi connectivity index (χ0) is 16.8. The lowest BCUT2D eigenvalue weighted by atomic mass is 10.1. The average molecular weight is 341 g/mol. The van der Waals surface area contributed by atoms with Gasteiger partial charge in [-0.2, -0.15) is 5.26 Å². The molecular formula is C18H19N3O2S. The van der Waals surface area contributed by atoms with Gasteiger partial charge in [0.1, 0.15) is 11.0 Å². The van der Waals surface area contributed by atoms with Crippen LogP contribution in [-0.2, 0) is 11.2 Å². The third-order valence-corrected chi connectivity index (χ3v) is 5.03. The number of likely N-dealkylation sites (tertiary alicyclic amines) is 1. The fourth-order valence-electron chi connectivity index (χ4n) is 2.75. The molecule has 1 aliphatic heterocycles. The Balaban J connectivity index is 1.52. The van der Waals surface area contributed by atoms with Crippen LogP contribution in [-0.4, -0.2) is 41.6 Å². The average Bonchev–Trinajstić information content (AvgIpc) is 3.06. The summed E-state index contributed by atoms with van der Waals surface area (Å²) in [5, 5.41) is 9.62. The van der Waals surface area contributed by atoms with Gasteiger partial charge in [-0.15, -0.1) is 11.3 Å². The van der Waals surface area contributed by atoms with E-state index in [0.717, 1.165) is 37.4 Å². The number of nitrogens with zero attached hydrogens (tertiary/aromatic N) is 3. The van der Waals surface area contributed by atoms with Gasteiger partial charge in [-0.25, -0.2) is 9.78 Å². The fraction of sp³-hybridized carbons (Fsp3) is 0.389. The van der Waals surface area contributed by atoms with E-state index in [1.165, 1.54) is 16.9 Å². The number of nitriles is 1. The summed E-state index contributed by atoms with van der Waals surface area (Å²) < 4.78 is 5.59. The smallest absolute Gasteiger partial charge is 0.350 e. The first-order valence-corrected chi connectivity index (χ1v) is 8.85. The molecule has 5 nitrogen and oxygen atoms in total. The molecule has 0 atom stereocenters. The van der Waals surface area contributed by atoms with E-state index >= 15 is 0 Å². The molecule has 0 spiro atoms. The number of ether oxygens (including phenoxy) is 1. The molecule has 3 rings (SSSR count). The highest BCUT2D eigenvalue weighted by Gasteiger charge is 2.23. The summed E-state index contributed by atoms with van der Waals surface area (Å²) in [5.74, 6) is -0.287. The van der Waals surface area contributed by atoms with Gasteiger partial charge in [0, 0.05) is 19.5 Å².